The van der Waals surface area contributed by atoms with Crippen molar-refractivity contribution in [3.8, 4) is 22.5 Å². The van der Waals surface area contributed by atoms with E-state index in [1.807, 2.05) is 24.3 Å². The molecule has 0 aliphatic heterocycles. The van der Waals surface area contributed by atoms with Gasteiger partial charge in [0, 0.05) is 52.1 Å². The van der Waals surface area contributed by atoms with Crippen LogP contribution in [-0.2, 0) is 33.1 Å². The van der Waals surface area contributed by atoms with Gasteiger partial charge in [0.05, 0.1) is 57.8 Å². The Bertz CT molecular complexity index is 2470. The van der Waals surface area contributed by atoms with Crippen molar-refractivity contribution in [2.45, 2.75) is 120 Å². The molecule has 6 fully saturated rings. The van der Waals surface area contributed by atoms with Crippen LogP contribution in [-0.4, -0.2) is 38.4 Å². The zero-order chi connectivity index (χ0) is 42.7. The summed E-state index contributed by atoms with van der Waals surface area (Å²) >= 11 is 25.8. The van der Waals surface area contributed by atoms with E-state index in [0.29, 0.717) is 84.8 Å². The fraction of sp³-hybridized carbons (Fsp3) is 0.479. The second-order valence-corrected chi connectivity index (χ2v) is 19.6. The minimum absolute atomic E-state index is 0.00772. The molecule has 6 saturated carbocycles. The summed E-state index contributed by atoms with van der Waals surface area (Å²) in [4.78, 5) is 20.1. The number of carbonyl (C=O) groups excluding carboxylic acids is 1. The van der Waals surface area contributed by atoms with E-state index in [9.17, 15) is 9.90 Å². The Morgan fingerprint density at radius 1 is 0.677 bits per heavy atom. The van der Waals surface area contributed by atoms with Crippen molar-refractivity contribution < 1.29 is 28.4 Å². The van der Waals surface area contributed by atoms with Crippen LogP contribution in [0.3, 0.4) is 0 Å². The molecule has 10 nitrogen and oxygen atoms in total. The predicted molar refractivity (Wildman–Crippen MR) is 235 cm³/mol. The van der Waals surface area contributed by atoms with E-state index in [0.717, 1.165) is 99.7 Å². The van der Waals surface area contributed by atoms with E-state index in [1.54, 1.807) is 30.5 Å². The number of rotatable bonds is 11. The summed E-state index contributed by atoms with van der Waals surface area (Å²) in [5, 5.41) is 22.6. The van der Waals surface area contributed by atoms with E-state index < -0.39 is 5.60 Å². The molecule has 62 heavy (non-hydrogen) atoms. The maximum absolute atomic E-state index is 12.1. The number of halogens is 4. The van der Waals surface area contributed by atoms with Gasteiger partial charge in [-0.05, 0) is 125 Å². The number of hydrogen-bond acceptors (Lipinski definition) is 9. The summed E-state index contributed by atoms with van der Waals surface area (Å²) in [5.74, 6) is 3.46. The molecule has 1 N–H and O–H groups in total. The summed E-state index contributed by atoms with van der Waals surface area (Å²) in [5.41, 5.74) is 4.70. The molecule has 3 unspecified atom stereocenters. The summed E-state index contributed by atoms with van der Waals surface area (Å²) in [6.45, 7) is 8.10. The summed E-state index contributed by atoms with van der Waals surface area (Å²) in [6, 6.07) is 14.3. The molecule has 3 aromatic heterocycles. The normalized spacial score (nSPS) is 27.5. The van der Waals surface area contributed by atoms with Gasteiger partial charge in [0.2, 0.25) is 0 Å². The molecule has 0 amide bonds. The first-order valence-corrected chi connectivity index (χ1v) is 23.3. The van der Waals surface area contributed by atoms with Crippen molar-refractivity contribution in [1.29, 1.82) is 0 Å². The first kappa shape index (κ1) is 42.2. The van der Waals surface area contributed by atoms with Gasteiger partial charge in [-0.3, -0.25) is 9.78 Å². The van der Waals surface area contributed by atoms with Crippen LogP contribution in [0.25, 0.3) is 27.4 Å². The van der Waals surface area contributed by atoms with Crippen molar-refractivity contribution in [3.63, 3.8) is 0 Å². The Labute approximate surface area is 380 Å². The Morgan fingerprint density at radius 3 is 1.58 bits per heavy atom. The third kappa shape index (κ3) is 8.01. The monoisotopic (exact) mass is 914 g/mol. The highest BCUT2D eigenvalue weighted by molar-refractivity contribution is 6.39. The number of hydrogen-bond donors (Lipinski definition) is 1. The van der Waals surface area contributed by atoms with E-state index >= 15 is 0 Å². The first-order chi connectivity index (χ1) is 30.1. The molecule has 5 aromatic rings. The number of pyridine rings is 1. The first-order valence-electron chi connectivity index (χ1n) is 21.8. The highest BCUT2D eigenvalue weighted by Gasteiger charge is 2.55. The summed E-state index contributed by atoms with van der Waals surface area (Å²) < 4.78 is 24.2. The molecular formula is C48H46Cl4N4O6. The summed E-state index contributed by atoms with van der Waals surface area (Å²) in [6.07, 6.45) is 13.2. The van der Waals surface area contributed by atoms with Crippen LogP contribution in [0.2, 0.25) is 20.1 Å². The zero-order valence-corrected chi connectivity index (χ0v) is 37.0. The number of ether oxygens (including phenoxy) is 2. The number of aromatic nitrogens is 3. The molecule has 0 spiro atoms. The SMILES string of the molecule is O=C1[C@@H]2CC[C@H]1CC(OCc1c(-c3c(Cl)cccc3Cl)noc1C1CC1)C2.[C-]#[N+]c1ccnc(C2(O)[C@@H]3CC[C@H]2CC(OCc2c(-c4c(Cl)cccc4Cl)noc2C2CC2)C3)c1. The Kier molecular flexibility index (Phi) is 11.8. The second-order valence-electron chi connectivity index (χ2n) is 18.0. The zero-order valence-electron chi connectivity index (χ0n) is 34.0. The average Bonchev–Trinajstić information content (AvgIpc) is 4.19. The highest BCUT2D eigenvalue weighted by atomic mass is 35.5. The maximum atomic E-state index is 12.1. The Balaban J connectivity index is 0.000000153. The largest absolute Gasteiger partial charge is 0.383 e. The molecule has 322 valence electrons. The number of benzene rings is 2. The second kappa shape index (κ2) is 17.3. The quantitative estimate of drug-likeness (QED) is 0.129. The third-order valence-electron chi connectivity index (χ3n) is 14.1. The Hall–Kier alpha value is -3.79. The van der Waals surface area contributed by atoms with Gasteiger partial charge in [0.1, 0.15) is 34.3 Å². The third-order valence-corrected chi connectivity index (χ3v) is 15.4. The molecule has 0 saturated heterocycles. The molecule has 6 aliphatic rings. The molecule has 0 radical (unpaired) electrons. The minimum atomic E-state index is -1.01. The fourth-order valence-electron chi connectivity index (χ4n) is 10.6. The number of ketones is 1. The van der Waals surface area contributed by atoms with Crippen LogP contribution in [0.5, 0.6) is 0 Å². The molecule has 2 aromatic carbocycles. The van der Waals surface area contributed by atoms with Gasteiger partial charge in [-0.2, -0.15) is 0 Å². The van der Waals surface area contributed by atoms with Crippen LogP contribution in [0.4, 0.5) is 5.69 Å². The number of carbonyl (C=O) groups is 1. The van der Waals surface area contributed by atoms with Gasteiger partial charge in [0.25, 0.3) is 0 Å². The van der Waals surface area contributed by atoms with Gasteiger partial charge >= 0.3 is 0 Å². The van der Waals surface area contributed by atoms with Gasteiger partial charge in [-0.1, -0.05) is 68.8 Å². The number of fused-ring (bicyclic) bond motifs is 4. The van der Waals surface area contributed by atoms with Crippen LogP contribution < -0.4 is 0 Å². The molecule has 7 atom stereocenters. The van der Waals surface area contributed by atoms with Crippen molar-refractivity contribution in [2.75, 3.05) is 0 Å². The van der Waals surface area contributed by atoms with Crippen molar-refractivity contribution >= 4 is 57.9 Å². The van der Waals surface area contributed by atoms with Crippen molar-refractivity contribution in [1.82, 2.24) is 15.3 Å². The van der Waals surface area contributed by atoms with Gasteiger partial charge in [-0.25, -0.2) is 4.85 Å². The molecular weight excluding hydrogens is 870 g/mol. The van der Waals surface area contributed by atoms with Crippen molar-refractivity contribution in [2.24, 2.45) is 23.7 Å². The van der Waals surface area contributed by atoms with Gasteiger partial charge in [-0.15, -0.1) is 0 Å². The molecule has 4 bridgehead atoms. The van der Waals surface area contributed by atoms with E-state index in [4.69, 9.17) is 71.5 Å². The predicted octanol–water partition coefficient (Wildman–Crippen LogP) is 12.9. The highest BCUT2D eigenvalue weighted by Crippen LogP contribution is 2.56. The lowest BCUT2D eigenvalue weighted by molar-refractivity contribution is -0.130. The average molecular weight is 917 g/mol. The summed E-state index contributed by atoms with van der Waals surface area (Å²) in [7, 11) is 0. The van der Waals surface area contributed by atoms with Crippen LogP contribution in [0.15, 0.2) is 63.8 Å². The van der Waals surface area contributed by atoms with E-state index in [1.165, 1.54) is 0 Å². The number of nitrogens with zero attached hydrogens (tertiary/aromatic N) is 4. The molecule has 14 heteroatoms. The van der Waals surface area contributed by atoms with Crippen molar-refractivity contribution in [3.05, 3.63) is 115 Å². The number of Topliss-reactive ketones (excluding diaryl/α,β-unsaturated/α-hetero) is 1. The van der Waals surface area contributed by atoms with E-state index in [2.05, 4.69) is 20.1 Å². The lowest BCUT2D eigenvalue weighted by atomic mass is 9.71. The van der Waals surface area contributed by atoms with Crippen LogP contribution in [0.1, 0.15) is 117 Å². The lowest BCUT2D eigenvalue weighted by Crippen LogP contribution is -2.45. The van der Waals surface area contributed by atoms with Crippen LogP contribution in [0, 0.1) is 30.2 Å². The smallest absolute Gasteiger partial charge is 0.190 e. The van der Waals surface area contributed by atoms with Gasteiger partial charge in [0.15, 0.2) is 5.69 Å². The standard InChI is InChI=1S/C27H25Cl2N3O3.C21H21Cl2NO3/c1-30-18-9-10-31-23(13-18)27(33)16-7-8-17(27)12-19(11-16)34-14-20-25(32-35-26(20)15-5-6-15)24-21(28)3-2-4-22(24)29;22-16-2-1-3-17(23)18(16)19-15(21(27-24-19)11-4-5-11)10-26-14-8-12-6-7-13(9-14)20(12)25/h2-4,9-10,13,15-17,19,33H,5-8,11-12,14H2;1-3,11-14H,4-10H2/t16-,17+,19?,27?;12-,13+,14?. The molecule has 3 heterocycles. The Morgan fingerprint density at radius 2 is 1.13 bits per heavy atom. The number of aliphatic hydroxyl groups is 1. The maximum Gasteiger partial charge on any atom is 0.190 e. The molecule has 11 rings (SSSR count). The van der Waals surface area contributed by atoms with Gasteiger partial charge < -0.3 is 23.6 Å². The fourth-order valence-corrected chi connectivity index (χ4v) is 11.8. The topological polar surface area (TPSA) is 125 Å². The molecule has 6 aliphatic carbocycles. The lowest BCUT2D eigenvalue weighted by Gasteiger charge is -2.42. The van der Waals surface area contributed by atoms with E-state index in [-0.39, 0.29) is 35.9 Å². The minimum Gasteiger partial charge on any atom is -0.383 e. The van der Waals surface area contributed by atoms with Crippen LogP contribution >= 0.6 is 46.4 Å².